The topological polar surface area (TPSA) is 98.0 Å². The first-order valence-corrected chi connectivity index (χ1v) is 0. The summed E-state index contributed by atoms with van der Waals surface area (Å²) >= 11 is 0. The smallest absolute Gasteiger partial charge is 1.00 e. The molecule has 0 aliphatic rings. The Morgan fingerprint density at radius 1 is 1.00 bits per heavy atom. The van der Waals surface area contributed by atoms with E-state index in [1.54, 1.807) is 0 Å². The fraction of sp³-hybridized carbons (Fsp3) is 0. The maximum absolute atomic E-state index is 0. The maximum atomic E-state index is 0. The van der Waals surface area contributed by atoms with Gasteiger partial charge in [-0.3, -0.25) is 0 Å². The van der Waals surface area contributed by atoms with E-state index in [1.165, 1.54) is 0 Å². The van der Waals surface area contributed by atoms with Crippen molar-refractivity contribution < 1.29 is 84.8 Å². The van der Waals surface area contributed by atoms with E-state index in [0.29, 0.717) is 0 Å². The molecule has 0 aromatic rings. The molecular formula is H8KMoNO2. The molecule has 0 amide bonds. The van der Waals surface area contributed by atoms with Crippen molar-refractivity contribution in [3.63, 3.8) is 0 Å². The maximum Gasteiger partial charge on any atom is 1.00 e. The standard InChI is InChI=1S/K.Mo.H3N.2H2O.H/h;;1H3;2*1H2;/q+1;;;;;-1. The van der Waals surface area contributed by atoms with Crippen LogP contribution in [0.3, 0.4) is 0 Å². The Morgan fingerprint density at radius 2 is 1.00 bits per heavy atom. The molecule has 0 bridgehead atoms. The van der Waals surface area contributed by atoms with E-state index in [9.17, 15) is 0 Å². The van der Waals surface area contributed by atoms with Crippen molar-refractivity contribution >= 4 is 0 Å². The van der Waals surface area contributed by atoms with Crippen LogP contribution in [-0.4, -0.2) is 11.0 Å². The van der Waals surface area contributed by atoms with Crippen molar-refractivity contribution in [2.75, 3.05) is 0 Å². The van der Waals surface area contributed by atoms with Gasteiger partial charge >= 0.3 is 51.4 Å². The molecule has 7 N–H and O–H groups in total. The average Bonchev–Trinajstić information content (AvgIpc) is 0. The molecule has 0 unspecified atom stereocenters. The second kappa shape index (κ2) is 34.6. The summed E-state index contributed by atoms with van der Waals surface area (Å²) < 4.78 is 0. The van der Waals surface area contributed by atoms with Crippen LogP contribution in [-0.2, 0) is 21.1 Å². The summed E-state index contributed by atoms with van der Waals surface area (Å²) in [5.74, 6) is 0. The van der Waals surface area contributed by atoms with E-state index >= 15 is 0 Å². The zero-order chi connectivity index (χ0) is 0. The summed E-state index contributed by atoms with van der Waals surface area (Å²) in [6.07, 6.45) is 0. The minimum absolute atomic E-state index is 0. The Labute approximate surface area is 89.3 Å². The summed E-state index contributed by atoms with van der Waals surface area (Å²) in [5.41, 5.74) is 0. The van der Waals surface area contributed by atoms with E-state index in [4.69, 9.17) is 0 Å². The van der Waals surface area contributed by atoms with Gasteiger partial charge in [-0.15, -0.1) is 0 Å². The minimum atomic E-state index is 0. The molecule has 32 valence electrons. The SMILES string of the molecule is N.O.O.[H-].[K+].[Mo]. The molecule has 0 fully saturated rings. The normalized spacial score (nSPS) is 0. The Bertz CT molecular complexity index is 13.5. The first kappa shape index (κ1) is 57.1. The first-order valence-electron chi connectivity index (χ1n) is 0. The zero-order valence-electron chi connectivity index (χ0n) is 4.12. The van der Waals surface area contributed by atoms with Gasteiger partial charge in [0.15, 0.2) is 0 Å². The van der Waals surface area contributed by atoms with Crippen LogP contribution in [0.5, 0.6) is 0 Å². The van der Waals surface area contributed by atoms with Gasteiger partial charge in [-0.2, -0.15) is 0 Å². The van der Waals surface area contributed by atoms with Crippen LogP contribution in [0.4, 0.5) is 0 Å². The van der Waals surface area contributed by atoms with Gasteiger partial charge in [-0.1, -0.05) is 0 Å². The molecule has 0 saturated heterocycles. The molecule has 0 aliphatic carbocycles. The predicted octanol–water partition coefficient (Wildman–Crippen LogP) is -4.37. The molecule has 0 heterocycles. The van der Waals surface area contributed by atoms with E-state index in [1.807, 2.05) is 0 Å². The van der Waals surface area contributed by atoms with Crippen molar-refractivity contribution in [2.24, 2.45) is 0 Å². The van der Waals surface area contributed by atoms with Gasteiger partial charge in [0.2, 0.25) is 0 Å². The predicted molar refractivity (Wildman–Crippen MR) is 13.4 cm³/mol. The molecule has 0 spiro atoms. The number of hydrogen-bond donors (Lipinski definition) is 1. The second-order valence-electron chi connectivity index (χ2n) is 0. The molecule has 5 heteroatoms. The van der Waals surface area contributed by atoms with Crippen molar-refractivity contribution in [3.8, 4) is 0 Å². The Balaban J connectivity index is 0. The number of rotatable bonds is 0. The first-order chi connectivity index (χ1) is 0. The molecule has 0 rings (SSSR count). The van der Waals surface area contributed by atoms with Crippen LogP contribution in [0.25, 0.3) is 0 Å². The molecule has 0 aromatic carbocycles. The molecule has 0 atom stereocenters. The average molecular weight is 189 g/mol. The van der Waals surface area contributed by atoms with Crippen LogP contribution in [0.1, 0.15) is 1.43 Å². The summed E-state index contributed by atoms with van der Waals surface area (Å²) in [4.78, 5) is 0. The Morgan fingerprint density at radius 3 is 1.00 bits per heavy atom. The van der Waals surface area contributed by atoms with E-state index in [2.05, 4.69) is 0 Å². The summed E-state index contributed by atoms with van der Waals surface area (Å²) in [6, 6.07) is 0. The zero-order valence-corrected chi connectivity index (χ0v) is 8.25. The van der Waals surface area contributed by atoms with Crippen LogP contribution in [0.2, 0.25) is 0 Å². The molecular weight excluding hydrogens is 181 g/mol. The summed E-state index contributed by atoms with van der Waals surface area (Å²) in [6.45, 7) is 0. The third-order valence-electron chi connectivity index (χ3n) is 0. The molecule has 3 nitrogen and oxygen atoms in total. The molecule has 0 aliphatic heterocycles. The Kier molecular flexibility index (Phi) is 395. The van der Waals surface area contributed by atoms with Crippen LogP contribution >= 0.6 is 0 Å². The minimum Gasteiger partial charge on any atom is -1.00 e. The third kappa shape index (κ3) is 22.6. The van der Waals surface area contributed by atoms with E-state index < -0.39 is 0 Å². The van der Waals surface area contributed by atoms with Crippen molar-refractivity contribution in [2.45, 2.75) is 0 Å². The van der Waals surface area contributed by atoms with Crippen molar-refractivity contribution in [3.05, 3.63) is 0 Å². The fourth-order valence-electron chi connectivity index (χ4n) is 0. The fourth-order valence-corrected chi connectivity index (χ4v) is 0. The molecule has 0 radical (unpaired) electrons. The van der Waals surface area contributed by atoms with Crippen molar-refractivity contribution in [1.82, 2.24) is 6.15 Å². The van der Waals surface area contributed by atoms with Crippen molar-refractivity contribution in [1.29, 1.82) is 0 Å². The molecule has 5 heavy (non-hydrogen) atoms. The number of hydrogen-bond acceptors (Lipinski definition) is 1. The quantitative estimate of drug-likeness (QED) is 0.382. The van der Waals surface area contributed by atoms with Crippen LogP contribution < -0.4 is 57.5 Å². The van der Waals surface area contributed by atoms with Gasteiger partial charge in [-0.05, 0) is 0 Å². The van der Waals surface area contributed by atoms with Crippen LogP contribution in [0.15, 0.2) is 0 Å². The Hall–Kier alpha value is 2.20. The monoisotopic (exact) mass is 191 g/mol. The van der Waals surface area contributed by atoms with Gasteiger partial charge < -0.3 is 18.5 Å². The van der Waals surface area contributed by atoms with E-state index in [-0.39, 0.29) is 91.0 Å². The van der Waals surface area contributed by atoms with Gasteiger partial charge in [0.05, 0.1) is 0 Å². The van der Waals surface area contributed by atoms with Gasteiger partial charge in [0, 0.05) is 21.1 Å². The molecule has 0 saturated carbocycles. The third-order valence-corrected chi connectivity index (χ3v) is 0. The molecule has 0 aromatic heterocycles. The van der Waals surface area contributed by atoms with Gasteiger partial charge in [-0.25, -0.2) is 0 Å². The van der Waals surface area contributed by atoms with Crippen LogP contribution in [0, 0.1) is 0 Å². The summed E-state index contributed by atoms with van der Waals surface area (Å²) in [5, 5.41) is 0. The largest absolute Gasteiger partial charge is 1.00 e. The van der Waals surface area contributed by atoms with Gasteiger partial charge in [0.25, 0.3) is 0 Å². The van der Waals surface area contributed by atoms with Gasteiger partial charge in [0.1, 0.15) is 0 Å². The summed E-state index contributed by atoms with van der Waals surface area (Å²) in [7, 11) is 0. The van der Waals surface area contributed by atoms with E-state index in [0.717, 1.165) is 0 Å². The second-order valence-corrected chi connectivity index (χ2v) is 0.